The number of nitrogens with two attached hydrogens (primary N) is 1. The molecule has 0 spiro atoms. The Hall–Kier alpha value is -1.52. The summed E-state index contributed by atoms with van der Waals surface area (Å²) in [5, 5.41) is 3.24. The Balaban J connectivity index is 2.34. The summed E-state index contributed by atoms with van der Waals surface area (Å²) in [6.45, 7) is 1.84. The molecule has 5 heteroatoms. The number of amides is 1. The molecule has 3 nitrogen and oxygen atoms in total. The zero-order valence-corrected chi connectivity index (χ0v) is 12.5. The second-order valence-electron chi connectivity index (χ2n) is 4.12. The molecule has 3 N–H and O–H groups in total. The molecular weight excluding hydrogens is 328 g/mol. The maximum absolute atomic E-state index is 12.3. The highest BCUT2D eigenvalue weighted by atomic mass is 79.9. The molecule has 0 bridgehead atoms. The summed E-state index contributed by atoms with van der Waals surface area (Å²) >= 11 is 9.38. The first-order valence-corrected chi connectivity index (χ1v) is 6.77. The molecule has 1 amide bonds. The minimum atomic E-state index is -0.268. The number of carbonyl (C=O) groups is 1. The summed E-state index contributed by atoms with van der Waals surface area (Å²) < 4.78 is 0.838. The fraction of sp³-hybridized carbons (Fsp3) is 0.0714. The van der Waals surface area contributed by atoms with Gasteiger partial charge >= 0.3 is 0 Å². The van der Waals surface area contributed by atoms with E-state index in [0.717, 1.165) is 10.0 Å². The number of carbonyl (C=O) groups excluding carboxylic acids is 1. The van der Waals surface area contributed by atoms with Crippen LogP contribution in [0.25, 0.3) is 0 Å². The van der Waals surface area contributed by atoms with Gasteiger partial charge in [-0.25, -0.2) is 0 Å². The lowest BCUT2D eigenvalue weighted by molar-refractivity contribution is 0.102. The molecule has 98 valence electrons. The predicted octanol–water partition coefficient (Wildman–Crippen LogP) is 4.25. The molecule has 0 atom stereocenters. The third-order valence-corrected chi connectivity index (χ3v) is 3.53. The summed E-state index contributed by atoms with van der Waals surface area (Å²) in [6, 6.07) is 10.6. The average molecular weight is 340 g/mol. The molecule has 2 aromatic carbocycles. The molecule has 0 aliphatic rings. The van der Waals surface area contributed by atoms with Crippen molar-refractivity contribution in [2.45, 2.75) is 6.92 Å². The Morgan fingerprint density at radius 3 is 2.74 bits per heavy atom. The van der Waals surface area contributed by atoms with Crippen molar-refractivity contribution in [3.63, 3.8) is 0 Å². The van der Waals surface area contributed by atoms with Gasteiger partial charge in [-0.2, -0.15) is 0 Å². The van der Waals surface area contributed by atoms with Crippen molar-refractivity contribution in [3.05, 3.63) is 57.0 Å². The number of aryl methyl sites for hydroxylation is 1. The highest BCUT2D eigenvalue weighted by Gasteiger charge is 2.14. The van der Waals surface area contributed by atoms with Crippen molar-refractivity contribution in [1.29, 1.82) is 0 Å². The molecule has 0 aliphatic heterocycles. The van der Waals surface area contributed by atoms with E-state index in [4.69, 9.17) is 17.3 Å². The fourth-order valence-electron chi connectivity index (χ4n) is 1.78. The average Bonchev–Trinajstić information content (AvgIpc) is 2.33. The van der Waals surface area contributed by atoms with Crippen LogP contribution < -0.4 is 11.1 Å². The van der Waals surface area contributed by atoms with Gasteiger partial charge in [-0.1, -0.05) is 39.7 Å². The van der Waals surface area contributed by atoms with Crippen LogP contribution in [-0.2, 0) is 0 Å². The number of hydrogen-bond donors (Lipinski definition) is 2. The van der Waals surface area contributed by atoms with Gasteiger partial charge in [-0.3, -0.25) is 4.79 Å². The zero-order valence-electron chi connectivity index (χ0n) is 10.2. The van der Waals surface area contributed by atoms with Gasteiger partial charge in [0, 0.05) is 10.2 Å². The minimum Gasteiger partial charge on any atom is -0.398 e. The summed E-state index contributed by atoms with van der Waals surface area (Å²) in [4.78, 5) is 12.3. The van der Waals surface area contributed by atoms with Gasteiger partial charge in [0.15, 0.2) is 0 Å². The van der Waals surface area contributed by atoms with Crippen LogP contribution in [0.2, 0.25) is 5.02 Å². The molecule has 0 unspecified atom stereocenters. The van der Waals surface area contributed by atoms with Crippen molar-refractivity contribution in [1.82, 2.24) is 0 Å². The van der Waals surface area contributed by atoms with Gasteiger partial charge in [0.05, 0.1) is 16.3 Å². The number of benzene rings is 2. The first-order valence-electron chi connectivity index (χ1n) is 5.60. The van der Waals surface area contributed by atoms with Crippen LogP contribution in [0.15, 0.2) is 40.9 Å². The van der Waals surface area contributed by atoms with E-state index in [1.165, 1.54) is 0 Å². The van der Waals surface area contributed by atoms with E-state index in [0.29, 0.717) is 22.0 Å². The molecule has 2 rings (SSSR count). The van der Waals surface area contributed by atoms with E-state index in [9.17, 15) is 4.79 Å². The number of hydrogen-bond acceptors (Lipinski definition) is 2. The molecule has 0 radical (unpaired) electrons. The quantitative estimate of drug-likeness (QED) is 0.804. The molecule has 0 saturated carbocycles. The maximum atomic E-state index is 12.3. The molecular formula is C14H12BrClN2O. The lowest BCUT2D eigenvalue weighted by Gasteiger charge is -2.11. The van der Waals surface area contributed by atoms with E-state index in [1.54, 1.807) is 24.3 Å². The lowest BCUT2D eigenvalue weighted by Crippen LogP contribution is -2.15. The van der Waals surface area contributed by atoms with Crippen LogP contribution in [0.3, 0.4) is 0 Å². The second kappa shape index (κ2) is 5.63. The number of rotatable bonds is 2. The summed E-state index contributed by atoms with van der Waals surface area (Å²) in [6.07, 6.45) is 0. The highest BCUT2D eigenvalue weighted by Crippen LogP contribution is 2.27. The number of nitrogens with one attached hydrogen (secondary N) is 1. The third kappa shape index (κ3) is 3.08. The van der Waals surface area contributed by atoms with Crippen molar-refractivity contribution in [3.8, 4) is 0 Å². The Morgan fingerprint density at radius 2 is 2.05 bits per heavy atom. The van der Waals surface area contributed by atoms with Gasteiger partial charge in [0.25, 0.3) is 5.91 Å². The van der Waals surface area contributed by atoms with Crippen LogP contribution in [0, 0.1) is 6.92 Å². The standard InChI is InChI=1S/C14H12BrClN2O/c1-8-3-2-4-11(17)13(8)14(19)18-12-7-9(15)5-6-10(12)16/h2-7H,17H2,1H3,(H,18,19). The highest BCUT2D eigenvalue weighted by molar-refractivity contribution is 9.10. The van der Waals surface area contributed by atoms with E-state index in [1.807, 2.05) is 19.1 Å². The molecule has 0 aliphatic carbocycles. The monoisotopic (exact) mass is 338 g/mol. The first-order chi connectivity index (χ1) is 8.99. The molecule has 0 saturated heterocycles. The van der Waals surface area contributed by atoms with Crippen LogP contribution >= 0.6 is 27.5 Å². The first kappa shape index (κ1) is 13.9. The Morgan fingerprint density at radius 1 is 1.32 bits per heavy atom. The number of anilines is 2. The molecule has 2 aromatic rings. The van der Waals surface area contributed by atoms with E-state index in [-0.39, 0.29) is 5.91 Å². The van der Waals surface area contributed by atoms with E-state index >= 15 is 0 Å². The smallest absolute Gasteiger partial charge is 0.258 e. The van der Waals surface area contributed by atoms with E-state index < -0.39 is 0 Å². The van der Waals surface area contributed by atoms with Gasteiger partial charge < -0.3 is 11.1 Å². The second-order valence-corrected chi connectivity index (χ2v) is 5.44. The summed E-state index contributed by atoms with van der Waals surface area (Å²) in [7, 11) is 0. The maximum Gasteiger partial charge on any atom is 0.258 e. The van der Waals surface area contributed by atoms with E-state index in [2.05, 4.69) is 21.2 Å². The Labute approximate surface area is 124 Å². The lowest BCUT2D eigenvalue weighted by atomic mass is 10.1. The summed E-state index contributed by atoms with van der Waals surface area (Å²) in [5.41, 5.74) is 8.13. The van der Waals surface area contributed by atoms with Crippen molar-refractivity contribution < 1.29 is 4.79 Å². The van der Waals surface area contributed by atoms with Crippen LogP contribution in [0.5, 0.6) is 0 Å². The largest absolute Gasteiger partial charge is 0.398 e. The van der Waals surface area contributed by atoms with Crippen molar-refractivity contribution in [2.24, 2.45) is 0 Å². The molecule has 0 heterocycles. The SMILES string of the molecule is Cc1cccc(N)c1C(=O)Nc1cc(Br)ccc1Cl. The van der Waals surface area contributed by atoms with Gasteiger partial charge in [0.1, 0.15) is 0 Å². The normalized spacial score (nSPS) is 10.3. The molecule has 0 aromatic heterocycles. The van der Waals surface area contributed by atoms with Gasteiger partial charge in [-0.05, 0) is 36.8 Å². The fourth-order valence-corrected chi connectivity index (χ4v) is 2.30. The van der Waals surface area contributed by atoms with Gasteiger partial charge in [-0.15, -0.1) is 0 Å². The minimum absolute atomic E-state index is 0.268. The van der Waals surface area contributed by atoms with Crippen molar-refractivity contribution in [2.75, 3.05) is 11.1 Å². The Kier molecular flexibility index (Phi) is 4.12. The third-order valence-electron chi connectivity index (χ3n) is 2.71. The zero-order chi connectivity index (χ0) is 14.0. The predicted molar refractivity (Wildman–Crippen MR) is 82.7 cm³/mol. The van der Waals surface area contributed by atoms with Crippen LogP contribution in [0.4, 0.5) is 11.4 Å². The molecule has 19 heavy (non-hydrogen) atoms. The topological polar surface area (TPSA) is 55.1 Å². The van der Waals surface area contributed by atoms with Crippen LogP contribution in [0.1, 0.15) is 15.9 Å². The van der Waals surface area contributed by atoms with Crippen LogP contribution in [-0.4, -0.2) is 5.91 Å². The summed E-state index contributed by atoms with van der Waals surface area (Å²) in [5.74, 6) is -0.268. The van der Waals surface area contributed by atoms with Gasteiger partial charge in [0.2, 0.25) is 0 Å². The molecule has 0 fully saturated rings. The Bertz CT molecular complexity index is 623. The van der Waals surface area contributed by atoms with Crippen molar-refractivity contribution >= 4 is 44.8 Å². The number of nitrogen functional groups attached to an aromatic ring is 1. The number of halogens is 2.